The van der Waals surface area contributed by atoms with E-state index in [0.717, 1.165) is 22.8 Å². The zero-order chi connectivity index (χ0) is 12.0. The van der Waals surface area contributed by atoms with E-state index in [4.69, 9.17) is 21.1 Å². The van der Waals surface area contributed by atoms with Gasteiger partial charge in [-0.1, -0.05) is 11.6 Å². The van der Waals surface area contributed by atoms with Crippen LogP contribution in [0.25, 0.3) is 0 Å². The molecule has 0 spiro atoms. The summed E-state index contributed by atoms with van der Waals surface area (Å²) < 4.78 is 10.4. The predicted molar refractivity (Wildman–Crippen MR) is 67.6 cm³/mol. The minimum Gasteiger partial charge on any atom is -0.497 e. The standard InChI is InChI=1S/C12H16ClNO2/c1-9(7-13)8-14-11-5-4-10(15-2)6-12(11)16-3/h4-7,14H,8H2,1-3H3/b9-7+. The van der Waals surface area contributed by atoms with Crippen molar-refractivity contribution in [1.82, 2.24) is 0 Å². The highest BCUT2D eigenvalue weighted by Gasteiger charge is 2.04. The van der Waals surface area contributed by atoms with E-state index >= 15 is 0 Å². The first-order valence-electron chi connectivity index (χ1n) is 4.93. The fraction of sp³-hybridized carbons (Fsp3) is 0.333. The summed E-state index contributed by atoms with van der Waals surface area (Å²) in [7, 11) is 3.26. The molecule has 0 heterocycles. The summed E-state index contributed by atoms with van der Waals surface area (Å²) in [6.07, 6.45) is 0. The molecule has 0 atom stereocenters. The summed E-state index contributed by atoms with van der Waals surface area (Å²) in [5.74, 6) is 1.52. The summed E-state index contributed by atoms with van der Waals surface area (Å²) >= 11 is 5.59. The average molecular weight is 242 g/mol. The zero-order valence-electron chi connectivity index (χ0n) is 9.71. The number of anilines is 1. The van der Waals surface area contributed by atoms with Crippen LogP contribution in [-0.2, 0) is 0 Å². The van der Waals surface area contributed by atoms with Crippen LogP contribution in [0.2, 0.25) is 0 Å². The molecule has 1 aromatic rings. The van der Waals surface area contributed by atoms with Gasteiger partial charge >= 0.3 is 0 Å². The first-order chi connectivity index (χ1) is 7.71. The van der Waals surface area contributed by atoms with E-state index < -0.39 is 0 Å². The van der Waals surface area contributed by atoms with Gasteiger partial charge in [-0.25, -0.2) is 0 Å². The Morgan fingerprint density at radius 3 is 2.69 bits per heavy atom. The first kappa shape index (κ1) is 12.7. The molecule has 0 bridgehead atoms. The van der Waals surface area contributed by atoms with E-state index in [0.29, 0.717) is 6.54 Å². The van der Waals surface area contributed by atoms with Gasteiger partial charge in [0, 0.05) is 18.1 Å². The van der Waals surface area contributed by atoms with Gasteiger partial charge < -0.3 is 14.8 Å². The van der Waals surface area contributed by atoms with Crippen molar-refractivity contribution >= 4 is 17.3 Å². The number of methoxy groups -OCH3 is 2. The summed E-state index contributed by atoms with van der Waals surface area (Å²) in [6, 6.07) is 5.63. The minimum atomic E-state index is 0.687. The number of benzene rings is 1. The highest BCUT2D eigenvalue weighted by Crippen LogP contribution is 2.28. The number of nitrogens with one attached hydrogen (secondary N) is 1. The van der Waals surface area contributed by atoms with Gasteiger partial charge in [0.2, 0.25) is 0 Å². The SMILES string of the molecule is COc1ccc(NC/C(C)=C/Cl)c(OC)c1. The van der Waals surface area contributed by atoms with Crippen LogP contribution in [-0.4, -0.2) is 20.8 Å². The molecule has 0 aliphatic heterocycles. The molecule has 0 aliphatic carbocycles. The van der Waals surface area contributed by atoms with Gasteiger partial charge in [0.1, 0.15) is 11.5 Å². The molecule has 0 aromatic heterocycles. The lowest BCUT2D eigenvalue weighted by atomic mass is 10.2. The Morgan fingerprint density at radius 1 is 1.38 bits per heavy atom. The number of halogens is 1. The molecular formula is C12H16ClNO2. The molecule has 1 rings (SSSR count). The molecule has 0 saturated carbocycles. The van der Waals surface area contributed by atoms with Crippen molar-refractivity contribution in [2.75, 3.05) is 26.1 Å². The van der Waals surface area contributed by atoms with Crippen LogP contribution in [0.5, 0.6) is 11.5 Å². The second kappa shape index (κ2) is 6.28. The van der Waals surface area contributed by atoms with Crippen LogP contribution < -0.4 is 14.8 Å². The summed E-state index contributed by atoms with van der Waals surface area (Å²) in [4.78, 5) is 0. The van der Waals surface area contributed by atoms with Gasteiger partial charge in [-0.3, -0.25) is 0 Å². The number of hydrogen-bond acceptors (Lipinski definition) is 3. The monoisotopic (exact) mass is 241 g/mol. The van der Waals surface area contributed by atoms with Crippen LogP contribution in [0.1, 0.15) is 6.92 Å². The van der Waals surface area contributed by atoms with Gasteiger partial charge in [0.25, 0.3) is 0 Å². The van der Waals surface area contributed by atoms with Crippen LogP contribution in [0.4, 0.5) is 5.69 Å². The second-order valence-electron chi connectivity index (χ2n) is 3.38. The maximum atomic E-state index is 5.59. The quantitative estimate of drug-likeness (QED) is 0.858. The molecule has 0 amide bonds. The predicted octanol–water partition coefficient (Wildman–Crippen LogP) is 3.26. The van der Waals surface area contributed by atoms with E-state index in [1.165, 1.54) is 0 Å². The van der Waals surface area contributed by atoms with Crippen molar-refractivity contribution in [1.29, 1.82) is 0 Å². The minimum absolute atomic E-state index is 0.687. The summed E-state index contributed by atoms with van der Waals surface area (Å²) in [6.45, 7) is 2.64. The normalized spacial score (nSPS) is 11.1. The third-order valence-electron chi connectivity index (χ3n) is 2.15. The summed E-state index contributed by atoms with van der Waals surface area (Å²) in [5.41, 5.74) is 3.53. The molecule has 0 radical (unpaired) electrons. The molecule has 1 N–H and O–H groups in total. The van der Waals surface area contributed by atoms with E-state index in [1.807, 2.05) is 25.1 Å². The molecule has 16 heavy (non-hydrogen) atoms. The van der Waals surface area contributed by atoms with Crippen molar-refractivity contribution in [2.24, 2.45) is 0 Å². The molecule has 0 fully saturated rings. The van der Waals surface area contributed by atoms with E-state index in [-0.39, 0.29) is 0 Å². The van der Waals surface area contributed by atoms with Gasteiger partial charge in [-0.2, -0.15) is 0 Å². The molecule has 0 saturated heterocycles. The van der Waals surface area contributed by atoms with E-state index in [1.54, 1.807) is 19.8 Å². The van der Waals surface area contributed by atoms with Crippen LogP contribution in [0.3, 0.4) is 0 Å². The number of ether oxygens (including phenoxy) is 2. The Hall–Kier alpha value is -1.35. The lowest BCUT2D eigenvalue weighted by Gasteiger charge is -2.12. The van der Waals surface area contributed by atoms with E-state index in [2.05, 4.69) is 5.32 Å². The van der Waals surface area contributed by atoms with Crippen molar-refractivity contribution in [3.05, 3.63) is 29.3 Å². The highest BCUT2D eigenvalue weighted by atomic mass is 35.5. The Balaban J connectivity index is 2.79. The van der Waals surface area contributed by atoms with Crippen LogP contribution in [0.15, 0.2) is 29.3 Å². The number of rotatable bonds is 5. The Morgan fingerprint density at radius 2 is 2.12 bits per heavy atom. The fourth-order valence-electron chi connectivity index (χ4n) is 1.22. The number of hydrogen-bond donors (Lipinski definition) is 1. The van der Waals surface area contributed by atoms with Crippen molar-refractivity contribution in [3.8, 4) is 11.5 Å². The molecule has 0 aliphatic rings. The van der Waals surface area contributed by atoms with Crippen LogP contribution >= 0.6 is 11.6 Å². The van der Waals surface area contributed by atoms with Gasteiger partial charge in [-0.15, -0.1) is 0 Å². The Bertz CT molecular complexity index is 377. The first-order valence-corrected chi connectivity index (χ1v) is 5.36. The van der Waals surface area contributed by atoms with E-state index in [9.17, 15) is 0 Å². The van der Waals surface area contributed by atoms with Gasteiger partial charge in [0.05, 0.1) is 19.9 Å². The van der Waals surface area contributed by atoms with Gasteiger partial charge in [-0.05, 0) is 24.6 Å². The largest absolute Gasteiger partial charge is 0.497 e. The summed E-state index contributed by atoms with van der Waals surface area (Å²) in [5, 5.41) is 3.23. The smallest absolute Gasteiger partial charge is 0.145 e. The Labute approximate surface area is 101 Å². The third-order valence-corrected chi connectivity index (χ3v) is 2.53. The second-order valence-corrected chi connectivity index (χ2v) is 3.59. The molecule has 4 heteroatoms. The third kappa shape index (κ3) is 3.35. The van der Waals surface area contributed by atoms with Crippen LogP contribution in [0, 0.1) is 0 Å². The fourth-order valence-corrected chi connectivity index (χ4v) is 1.29. The Kier molecular flexibility index (Phi) is 4.99. The lowest BCUT2D eigenvalue weighted by Crippen LogP contribution is -2.04. The molecule has 3 nitrogen and oxygen atoms in total. The maximum Gasteiger partial charge on any atom is 0.145 e. The highest BCUT2D eigenvalue weighted by molar-refractivity contribution is 6.25. The molecule has 0 unspecified atom stereocenters. The van der Waals surface area contributed by atoms with Crippen molar-refractivity contribution in [3.63, 3.8) is 0 Å². The lowest BCUT2D eigenvalue weighted by molar-refractivity contribution is 0.395. The molecular weight excluding hydrogens is 226 g/mol. The van der Waals surface area contributed by atoms with Gasteiger partial charge in [0.15, 0.2) is 0 Å². The average Bonchev–Trinajstić information content (AvgIpc) is 2.35. The van der Waals surface area contributed by atoms with Crippen molar-refractivity contribution in [2.45, 2.75) is 6.92 Å². The van der Waals surface area contributed by atoms with Crippen molar-refractivity contribution < 1.29 is 9.47 Å². The molecule has 88 valence electrons. The zero-order valence-corrected chi connectivity index (χ0v) is 10.5. The molecule has 1 aromatic carbocycles. The topological polar surface area (TPSA) is 30.5 Å². The maximum absolute atomic E-state index is 5.59.